The molecule has 1 aliphatic carbocycles. The van der Waals surface area contributed by atoms with Crippen molar-refractivity contribution in [3.8, 4) is 0 Å². The molecule has 2 rings (SSSR count). The van der Waals surface area contributed by atoms with Gasteiger partial charge in [0, 0.05) is 26.1 Å². The predicted molar refractivity (Wildman–Crippen MR) is 80.3 cm³/mol. The van der Waals surface area contributed by atoms with Crippen LogP contribution in [0.5, 0.6) is 0 Å². The molecule has 1 heterocycles. The number of hydrogen-bond donors (Lipinski definition) is 2. The van der Waals surface area contributed by atoms with Crippen molar-refractivity contribution in [3.63, 3.8) is 0 Å². The summed E-state index contributed by atoms with van der Waals surface area (Å²) >= 11 is 0. The van der Waals surface area contributed by atoms with Crippen molar-refractivity contribution >= 4 is 5.91 Å². The third-order valence-corrected chi connectivity index (χ3v) is 4.54. The second-order valence-electron chi connectivity index (χ2n) is 7.17. The highest BCUT2D eigenvalue weighted by Crippen LogP contribution is 2.36. The van der Waals surface area contributed by atoms with Crippen LogP contribution in [0.4, 0.5) is 0 Å². The van der Waals surface area contributed by atoms with Gasteiger partial charge < -0.3 is 15.3 Å². The zero-order valence-corrected chi connectivity index (χ0v) is 13.1. The van der Waals surface area contributed by atoms with E-state index in [0.717, 1.165) is 32.5 Å². The van der Waals surface area contributed by atoms with Crippen LogP contribution < -0.4 is 5.32 Å². The third-order valence-electron chi connectivity index (χ3n) is 4.54. The predicted octanol–water partition coefficient (Wildman–Crippen LogP) is 1.63. The van der Waals surface area contributed by atoms with Crippen LogP contribution in [-0.4, -0.2) is 47.7 Å². The highest BCUT2D eigenvalue weighted by Gasteiger charge is 2.35. The number of aliphatic hydroxyl groups is 1. The number of carbonyl (C=O) groups is 1. The summed E-state index contributed by atoms with van der Waals surface area (Å²) in [5.74, 6) is 1.75. The summed E-state index contributed by atoms with van der Waals surface area (Å²) in [5, 5.41) is 13.7. The van der Waals surface area contributed by atoms with Gasteiger partial charge in [-0.2, -0.15) is 0 Å². The van der Waals surface area contributed by atoms with E-state index < -0.39 is 0 Å². The van der Waals surface area contributed by atoms with Gasteiger partial charge in [0.2, 0.25) is 5.91 Å². The Balaban J connectivity index is 1.87. The fraction of sp³-hybridized carbons (Fsp3) is 0.938. The Bertz CT molecular complexity index is 328. The van der Waals surface area contributed by atoms with Gasteiger partial charge in [-0.05, 0) is 50.0 Å². The number of hydrogen-bond acceptors (Lipinski definition) is 3. The first-order valence-corrected chi connectivity index (χ1v) is 8.12. The van der Waals surface area contributed by atoms with Gasteiger partial charge in [0.15, 0.2) is 0 Å². The molecule has 3 unspecified atom stereocenters. The van der Waals surface area contributed by atoms with Crippen LogP contribution >= 0.6 is 0 Å². The summed E-state index contributed by atoms with van der Waals surface area (Å²) < 4.78 is 0. The zero-order chi connectivity index (χ0) is 14.7. The number of aliphatic hydroxyl groups excluding tert-OH is 1. The van der Waals surface area contributed by atoms with Crippen molar-refractivity contribution in [2.45, 2.75) is 58.6 Å². The SMILES string of the molecule is CC(=O)N1CC(CC(O)C2CC2)CC(NCC(C)C)C1. The molecule has 1 saturated heterocycles. The Morgan fingerprint density at radius 2 is 2.05 bits per heavy atom. The molecule has 0 spiro atoms. The van der Waals surface area contributed by atoms with Gasteiger partial charge in [-0.3, -0.25) is 4.79 Å². The van der Waals surface area contributed by atoms with Crippen LogP contribution in [0.2, 0.25) is 0 Å². The maximum atomic E-state index is 11.7. The lowest BCUT2D eigenvalue weighted by Crippen LogP contribution is -2.51. The molecule has 20 heavy (non-hydrogen) atoms. The summed E-state index contributed by atoms with van der Waals surface area (Å²) in [5.41, 5.74) is 0. The molecule has 1 aliphatic heterocycles. The molecule has 0 aromatic heterocycles. The van der Waals surface area contributed by atoms with Crippen LogP contribution in [-0.2, 0) is 4.79 Å². The minimum Gasteiger partial charge on any atom is -0.393 e. The summed E-state index contributed by atoms with van der Waals surface area (Å²) in [6, 6.07) is 0.381. The number of nitrogens with one attached hydrogen (secondary N) is 1. The molecule has 2 aliphatic rings. The van der Waals surface area contributed by atoms with Crippen molar-refractivity contribution in [2.24, 2.45) is 17.8 Å². The fourth-order valence-corrected chi connectivity index (χ4v) is 3.20. The first-order chi connectivity index (χ1) is 9.45. The molecule has 3 atom stereocenters. The molecule has 2 N–H and O–H groups in total. The number of piperidine rings is 1. The first-order valence-electron chi connectivity index (χ1n) is 8.12. The van der Waals surface area contributed by atoms with E-state index in [-0.39, 0.29) is 12.0 Å². The fourth-order valence-electron chi connectivity index (χ4n) is 3.20. The van der Waals surface area contributed by atoms with Crippen LogP contribution in [0, 0.1) is 17.8 Å². The standard InChI is InChI=1S/C16H30N2O2/c1-11(2)8-17-15-6-13(7-16(20)14-4-5-14)9-18(10-15)12(3)19/h11,13-17,20H,4-10H2,1-3H3. The third kappa shape index (κ3) is 4.74. The summed E-state index contributed by atoms with van der Waals surface area (Å²) in [6.45, 7) is 8.68. The minimum absolute atomic E-state index is 0.155. The lowest BCUT2D eigenvalue weighted by Gasteiger charge is -2.39. The smallest absolute Gasteiger partial charge is 0.219 e. The van der Waals surface area contributed by atoms with Crippen molar-refractivity contribution < 1.29 is 9.90 Å². The van der Waals surface area contributed by atoms with Crippen LogP contribution in [0.25, 0.3) is 0 Å². The van der Waals surface area contributed by atoms with E-state index >= 15 is 0 Å². The molecule has 0 bridgehead atoms. The van der Waals surface area contributed by atoms with Gasteiger partial charge in [0.05, 0.1) is 6.10 Å². The Morgan fingerprint density at radius 3 is 2.60 bits per heavy atom. The topological polar surface area (TPSA) is 52.6 Å². The van der Waals surface area contributed by atoms with Crippen LogP contribution in [0.1, 0.15) is 46.5 Å². The van der Waals surface area contributed by atoms with E-state index in [2.05, 4.69) is 19.2 Å². The lowest BCUT2D eigenvalue weighted by molar-refractivity contribution is -0.131. The molecule has 1 amide bonds. The molecule has 0 aromatic rings. The van der Waals surface area contributed by atoms with E-state index in [1.165, 1.54) is 12.8 Å². The molecular formula is C16H30N2O2. The monoisotopic (exact) mass is 282 g/mol. The largest absolute Gasteiger partial charge is 0.393 e. The molecule has 0 radical (unpaired) electrons. The summed E-state index contributed by atoms with van der Waals surface area (Å²) in [7, 11) is 0. The zero-order valence-electron chi connectivity index (χ0n) is 13.1. The quantitative estimate of drug-likeness (QED) is 0.778. The van der Waals surface area contributed by atoms with E-state index in [1.54, 1.807) is 6.92 Å². The highest BCUT2D eigenvalue weighted by atomic mass is 16.3. The molecule has 116 valence electrons. The normalized spacial score (nSPS) is 28.8. The number of amides is 1. The lowest BCUT2D eigenvalue weighted by atomic mass is 9.88. The van der Waals surface area contributed by atoms with Gasteiger partial charge in [-0.25, -0.2) is 0 Å². The Kier molecular flexibility index (Phi) is 5.44. The second kappa shape index (κ2) is 6.90. The van der Waals surface area contributed by atoms with Gasteiger partial charge in [-0.15, -0.1) is 0 Å². The number of rotatable bonds is 6. The van der Waals surface area contributed by atoms with E-state index in [0.29, 0.717) is 23.8 Å². The van der Waals surface area contributed by atoms with E-state index in [9.17, 15) is 9.90 Å². The first kappa shape index (κ1) is 15.8. The summed E-state index contributed by atoms with van der Waals surface area (Å²) in [4.78, 5) is 13.6. The van der Waals surface area contributed by atoms with Crippen molar-refractivity contribution in [3.05, 3.63) is 0 Å². The molecular weight excluding hydrogens is 252 g/mol. The molecule has 2 fully saturated rings. The van der Waals surface area contributed by atoms with E-state index in [1.807, 2.05) is 4.90 Å². The average Bonchev–Trinajstić information content (AvgIpc) is 3.20. The van der Waals surface area contributed by atoms with Crippen molar-refractivity contribution in [1.29, 1.82) is 0 Å². The maximum Gasteiger partial charge on any atom is 0.219 e. The van der Waals surface area contributed by atoms with Crippen LogP contribution in [0.15, 0.2) is 0 Å². The van der Waals surface area contributed by atoms with Crippen LogP contribution in [0.3, 0.4) is 0 Å². The van der Waals surface area contributed by atoms with Gasteiger partial charge in [0.25, 0.3) is 0 Å². The highest BCUT2D eigenvalue weighted by molar-refractivity contribution is 5.73. The average molecular weight is 282 g/mol. The Hall–Kier alpha value is -0.610. The molecule has 0 aromatic carbocycles. The number of carbonyl (C=O) groups excluding carboxylic acids is 1. The van der Waals surface area contributed by atoms with Gasteiger partial charge >= 0.3 is 0 Å². The van der Waals surface area contributed by atoms with Crippen molar-refractivity contribution in [1.82, 2.24) is 10.2 Å². The Labute approximate surface area is 122 Å². The maximum absolute atomic E-state index is 11.7. The molecule has 4 heteroatoms. The van der Waals surface area contributed by atoms with Crippen molar-refractivity contribution in [2.75, 3.05) is 19.6 Å². The Morgan fingerprint density at radius 1 is 1.35 bits per heavy atom. The van der Waals surface area contributed by atoms with E-state index in [4.69, 9.17) is 0 Å². The number of nitrogens with zero attached hydrogens (tertiary/aromatic N) is 1. The van der Waals surface area contributed by atoms with Gasteiger partial charge in [0.1, 0.15) is 0 Å². The minimum atomic E-state index is -0.155. The molecule has 1 saturated carbocycles. The van der Waals surface area contributed by atoms with Gasteiger partial charge in [-0.1, -0.05) is 13.8 Å². The summed E-state index contributed by atoms with van der Waals surface area (Å²) in [6.07, 6.45) is 4.14. The second-order valence-corrected chi connectivity index (χ2v) is 7.17. The molecule has 4 nitrogen and oxygen atoms in total. The number of likely N-dealkylation sites (tertiary alicyclic amines) is 1.